The van der Waals surface area contributed by atoms with E-state index in [0.29, 0.717) is 18.5 Å². The van der Waals surface area contributed by atoms with Crippen LogP contribution in [0.1, 0.15) is 36.2 Å². The smallest absolute Gasteiger partial charge is 0.271 e. The zero-order valence-corrected chi connectivity index (χ0v) is 12.4. The van der Waals surface area contributed by atoms with Crippen LogP contribution in [0, 0.1) is 11.3 Å². The van der Waals surface area contributed by atoms with Crippen LogP contribution < -0.4 is 10.1 Å². The summed E-state index contributed by atoms with van der Waals surface area (Å²) in [4.78, 5) is 16.8. The lowest BCUT2D eigenvalue weighted by atomic mass is 9.99. The third-order valence-corrected chi connectivity index (χ3v) is 4.15. The SMILES string of the molecule is COc1ccc2nc(C(=O)NC3(C#N)CCCC3)ccc2c1. The molecule has 112 valence electrons. The number of ether oxygens (including phenoxy) is 1. The Bertz CT molecular complexity index is 758. The molecule has 1 aliphatic carbocycles. The van der Waals surface area contributed by atoms with E-state index in [2.05, 4.69) is 16.4 Å². The first-order valence-electron chi connectivity index (χ1n) is 7.34. The lowest BCUT2D eigenvalue weighted by Gasteiger charge is -2.21. The quantitative estimate of drug-likeness (QED) is 0.944. The summed E-state index contributed by atoms with van der Waals surface area (Å²) in [7, 11) is 1.61. The molecule has 5 nitrogen and oxygen atoms in total. The number of methoxy groups -OCH3 is 1. The van der Waals surface area contributed by atoms with Crippen molar-refractivity contribution in [1.82, 2.24) is 10.3 Å². The van der Waals surface area contributed by atoms with Gasteiger partial charge in [0.2, 0.25) is 0 Å². The van der Waals surface area contributed by atoms with Crippen molar-refractivity contribution in [2.45, 2.75) is 31.2 Å². The maximum atomic E-state index is 12.4. The molecule has 0 spiro atoms. The lowest BCUT2D eigenvalue weighted by molar-refractivity contribution is 0.0916. The van der Waals surface area contributed by atoms with Gasteiger partial charge >= 0.3 is 0 Å². The molecule has 0 radical (unpaired) electrons. The van der Waals surface area contributed by atoms with Crippen molar-refractivity contribution in [3.05, 3.63) is 36.0 Å². The van der Waals surface area contributed by atoms with Gasteiger partial charge in [0.1, 0.15) is 17.0 Å². The van der Waals surface area contributed by atoms with Crippen LogP contribution in [0.2, 0.25) is 0 Å². The Balaban J connectivity index is 1.87. The highest BCUT2D eigenvalue weighted by Crippen LogP contribution is 2.29. The van der Waals surface area contributed by atoms with E-state index >= 15 is 0 Å². The fourth-order valence-electron chi connectivity index (χ4n) is 2.88. The summed E-state index contributed by atoms with van der Waals surface area (Å²) < 4.78 is 5.17. The third kappa shape index (κ3) is 2.60. The molecule has 3 rings (SSSR count). The highest BCUT2D eigenvalue weighted by molar-refractivity contribution is 5.95. The second kappa shape index (κ2) is 5.64. The summed E-state index contributed by atoms with van der Waals surface area (Å²) >= 11 is 0. The molecule has 0 saturated heterocycles. The third-order valence-electron chi connectivity index (χ3n) is 4.15. The fourth-order valence-corrected chi connectivity index (χ4v) is 2.88. The van der Waals surface area contributed by atoms with Gasteiger partial charge in [0.05, 0.1) is 18.7 Å². The number of fused-ring (bicyclic) bond motifs is 1. The number of nitriles is 1. The Hall–Kier alpha value is -2.61. The second-order valence-corrected chi connectivity index (χ2v) is 5.61. The molecule has 0 unspecified atom stereocenters. The fraction of sp³-hybridized carbons (Fsp3) is 0.353. The molecule has 5 heteroatoms. The van der Waals surface area contributed by atoms with Crippen LogP contribution in [0.5, 0.6) is 5.75 Å². The predicted octanol–water partition coefficient (Wildman–Crippen LogP) is 2.81. The first-order valence-corrected chi connectivity index (χ1v) is 7.34. The number of hydrogen-bond acceptors (Lipinski definition) is 4. The summed E-state index contributed by atoms with van der Waals surface area (Å²) in [5.41, 5.74) is 0.332. The molecule has 1 amide bonds. The summed E-state index contributed by atoms with van der Waals surface area (Å²) in [5, 5.41) is 13.1. The molecule has 0 atom stereocenters. The van der Waals surface area contributed by atoms with Gasteiger partial charge in [-0.15, -0.1) is 0 Å². The van der Waals surface area contributed by atoms with Gasteiger partial charge in [-0.05, 0) is 49.9 Å². The Kier molecular flexibility index (Phi) is 3.68. The maximum absolute atomic E-state index is 12.4. The molecule has 2 aromatic rings. The van der Waals surface area contributed by atoms with Crippen LogP contribution in [0.25, 0.3) is 10.9 Å². The van der Waals surface area contributed by atoms with E-state index in [-0.39, 0.29) is 5.91 Å². The van der Waals surface area contributed by atoms with E-state index < -0.39 is 5.54 Å². The molecule has 0 aliphatic heterocycles. The average molecular weight is 295 g/mol. The first kappa shape index (κ1) is 14.3. The summed E-state index contributed by atoms with van der Waals surface area (Å²) in [6, 6.07) is 11.3. The Labute approximate surface area is 128 Å². The van der Waals surface area contributed by atoms with E-state index in [1.807, 2.05) is 24.3 Å². The van der Waals surface area contributed by atoms with E-state index in [1.165, 1.54) is 0 Å². The monoisotopic (exact) mass is 295 g/mol. The summed E-state index contributed by atoms with van der Waals surface area (Å²) in [6.07, 6.45) is 3.36. The zero-order chi connectivity index (χ0) is 15.6. The number of carbonyl (C=O) groups excluding carboxylic acids is 1. The van der Waals surface area contributed by atoms with Crippen molar-refractivity contribution in [2.24, 2.45) is 0 Å². The normalized spacial score (nSPS) is 16.2. The van der Waals surface area contributed by atoms with Crippen molar-refractivity contribution < 1.29 is 9.53 Å². The highest BCUT2D eigenvalue weighted by atomic mass is 16.5. The molecule has 1 N–H and O–H groups in total. The van der Waals surface area contributed by atoms with Crippen molar-refractivity contribution in [3.63, 3.8) is 0 Å². The van der Waals surface area contributed by atoms with Crippen molar-refractivity contribution in [3.8, 4) is 11.8 Å². The summed E-state index contributed by atoms with van der Waals surface area (Å²) in [5.74, 6) is 0.460. The predicted molar refractivity (Wildman–Crippen MR) is 82.6 cm³/mol. The van der Waals surface area contributed by atoms with Gasteiger partial charge in [-0.1, -0.05) is 6.07 Å². The van der Waals surface area contributed by atoms with Crippen molar-refractivity contribution in [2.75, 3.05) is 7.11 Å². The van der Waals surface area contributed by atoms with Gasteiger partial charge in [0.15, 0.2) is 0 Å². The molecular weight excluding hydrogens is 278 g/mol. The minimum atomic E-state index is -0.729. The Morgan fingerprint density at radius 1 is 1.32 bits per heavy atom. The molecule has 0 bridgehead atoms. The molecular formula is C17H17N3O2. The van der Waals surface area contributed by atoms with E-state index in [0.717, 1.165) is 29.5 Å². The number of nitrogens with zero attached hydrogens (tertiary/aromatic N) is 2. The average Bonchev–Trinajstić information content (AvgIpc) is 3.02. The first-order chi connectivity index (χ1) is 10.7. The van der Waals surface area contributed by atoms with Crippen LogP contribution in [-0.4, -0.2) is 23.5 Å². The van der Waals surface area contributed by atoms with Crippen LogP contribution in [0.15, 0.2) is 30.3 Å². The lowest BCUT2D eigenvalue weighted by Crippen LogP contribution is -2.45. The summed E-state index contributed by atoms with van der Waals surface area (Å²) in [6.45, 7) is 0. The van der Waals surface area contributed by atoms with E-state index in [9.17, 15) is 10.1 Å². The van der Waals surface area contributed by atoms with Crippen molar-refractivity contribution in [1.29, 1.82) is 5.26 Å². The van der Waals surface area contributed by atoms with Gasteiger partial charge in [0, 0.05) is 5.39 Å². The number of amides is 1. The molecule has 1 saturated carbocycles. The van der Waals surface area contributed by atoms with Crippen molar-refractivity contribution >= 4 is 16.8 Å². The number of rotatable bonds is 3. The highest BCUT2D eigenvalue weighted by Gasteiger charge is 2.35. The van der Waals surface area contributed by atoms with Crippen LogP contribution >= 0.6 is 0 Å². The van der Waals surface area contributed by atoms with Crippen LogP contribution in [-0.2, 0) is 0 Å². The number of aromatic nitrogens is 1. The van der Waals surface area contributed by atoms with Gasteiger partial charge in [-0.3, -0.25) is 4.79 Å². The largest absolute Gasteiger partial charge is 0.497 e. The molecule has 1 aromatic heterocycles. The van der Waals surface area contributed by atoms with Gasteiger partial charge in [-0.25, -0.2) is 4.98 Å². The number of hydrogen-bond donors (Lipinski definition) is 1. The molecule has 1 aliphatic rings. The van der Waals surface area contributed by atoms with Gasteiger partial charge in [-0.2, -0.15) is 5.26 Å². The standard InChI is InChI=1S/C17H17N3O2/c1-22-13-5-7-14-12(10-13)4-6-15(19-14)16(21)20-17(11-18)8-2-3-9-17/h4-7,10H,2-3,8-9H2,1H3,(H,20,21). The molecule has 1 heterocycles. The minimum Gasteiger partial charge on any atom is -0.497 e. The minimum absolute atomic E-state index is 0.291. The zero-order valence-electron chi connectivity index (χ0n) is 12.4. The Morgan fingerprint density at radius 3 is 2.77 bits per heavy atom. The van der Waals surface area contributed by atoms with Gasteiger partial charge < -0.3 is 10.1 Å². The van der Waals surface area contributed by atoms with Gasteiger partial charge in [0.25, 0.3) is 5.91 Å². The number of nitrogens with one attached hydrogen (secondary N) is 1. The van der Waals surface area contributed by atoms with E-state index in [4.69, 9.17) is 4.74 Å². The van der Waals surface area contributed by atoms with E-state index in [1.54, 1.807) is 13.2 Å². The maximum Gasteiger partial charge on any atom is 0.271 e. The Morgan fingerprint density at radius 2 is 2.09 bits per heavy atom. The number of pyridine rings is 1. The topological polar surface area (TPSA) is 75.0 Å². The van der Waals surface area contributed by atoms with Crippen LogP contribution in [0.4, 0.5) is 0 Å². The number of benzene rings is 1. The van der Waals surface area contributed by atoms with Crippen LogP contribution in [0.3, 0.4) is 0 Å². The molecule has 1 fully saturated rings. The molecule has 1 aromatic carbocycles. The molecule has 22 heavy (non-hydrogen) atoms. The number of carbonyl (C=O) groups is 1. The second-order valence-electron chi connectivity index (χ2n) is 5.61.